The number of allylic oxidation sites excluding steroid dienone is 2. The molecular weight excluding hydrogens is 680 g/mol. The van der Waals surface area contributed by atoms with E-state index in [0.29, 0.717) is 42.2 Å². The monoisotopic (exact) mass is 712 g/mol. The van der Waals surface area contributed by atoms with Crippen LogP contribution in [0.15, 0.2) is 96.6 Å². The van der Waals surface area contributed by atoms with Gasteiger partial charge in [-0.2, -0.15) is 0 Å². The van der Waals surface area contributed by atoms with Crippen molar-refractivity contribution >= 4 is 50.0 Å². The summed E-state index contributed by atoms with van der Waals surface area (Å²) in [7, 11) is 0. The molecule has 0 bridgehead atoms. The van der Waals surface area contributed by atoms with Gasteiger partial charge >= 0.3 is 0 Å². The average molecular weight is 714 g/mol. The fraction of sp³-hybridized carbons (Fsp3) is 0.200. The number of para-hydroxylation sites is 1. The van der Waals surface area contributed by atoms with Crippen LogP contribution in [0.25, 0.3) is 28.1 Å². The molecule has 0 N–H and O–H groups in total. The summed E-state index contributed by atoms with van der Waals surface area (Å²) >= 11 is 3.83. The van der Waals surface area contributed by atoms with E-state index >= 15 is 0 Å². The Morgan fingerprint density at radius 2 is 1.69 bits per heavy atom. The van der Waals surface area contributed by atoms with Crippen LogP contribution in [0.4, 0.5) is 0 Å². The van der Waals surface area contributed by atoms with Gasteiger partial charge in [0.1, 0.15) is 22.7 Å². The highest BCUT2D eigenvalue weighted by Crippen LogP contribution is 2.61. The Morgan fingerprint density at radius 1 is 0.939 bits per heavy atom. The van der Waals surface area contributed by atoms with Gasteiger partial charge in [0, 0.05) is 40.8 Å². The third kappa shape index (κ3) is 4.70. The summed E-state index contributed by atoms with van der Waals surface area (Å²) in [5.74, 6) is 1.74. The van der Waals surface area contributed by atoms with Gasteiger partial charge in [-0.1, -0.05) is 73.5 Å². The predicted octanol–water partition coefficient (Wildman–Crippen LogP) is 8.70. The maximum Gasteiger partial charge on any atom is 0.227 e. The highest BCUT2D eigenvalue weighted by Gasteiger charge is 2.53. The minimum absolute atomic E-state index is 0.0251. The number of fused-ring (bicyclic) bond motifs is 7. The lowest BCUT2D eigenvalue weighted by atomic mass is 9.76. The number of ketones is 1. The summed E-state index contributed by atoms with van der Waals surface area (Å²) in [6.45, 7) is 16.8. The van der Waals surface area contributed by atoms with Gasteiger partial charge in [0.05, 0.1) is 16.5 Å². The number of rotatable bonds is 7. The third-order valence-electron chi connectivity index (χ3n) is 9.88. The molecule has 4 aromatic carbocycles. The van der Waals surface area contributed by atoms with Crippen LogP contribution in [0.2, 0.25) is 0 Å². The number of hydrogen-bond acceptors (Lipinski definition) is 6. The molecule has 1 spiro atoms. The van der Waals surface area contributed by atoms with Gasteiger partial charge in [0.15, 0.2) is 17.1 Å². The summed E-state index contributed by atoms with van der Waals surface area (Å²) in [5, 5.41) is 9.01. The van der Waals surface area contributed by atoms with Crippen molar-refractivity contribution in [1.82, 2.24) is 19.9 Å². The number of Topliss-reactive ketones (excluding diaryl/α,β-unsaturated/α-hetero) is 1. The standard InChI is InChI=1S/C40H33BrN4O4/c1-22(10-15-28(46)21-44-25(4)13-19-35(44)47)27-14-16-29-26(5)49-40(32(29)20-27)30-17-11-23(2)36(41)38(30)48-39-31(40)18-12-24(3)37(39)45-34-9-7-6-8-33(34)42-43-45/h6-9,11-12,14,16-18,20H,1,4-5,10,13,15,19,21H2,2-3H3. The molecule has 5 aromatic rings. The number of likely N-dealkylation sites (tertiary alicyclic amines) is 1. The Labute approximate surface area is 292 Å². The van der Waals surface area contributed by atoms with E-state index in [1.807, 2.05) is 54.9 Å². The Balaban J connectivity index is 1.25. The number of carbonyl (C=O) groups is 2. The highest BCUT2D eigenvalue weighted by atomic mass is 79.9. The van der Waals surface area contributed by atoms with Gasteiger partial charge in [0.2, 0.25) is 5.91 Å². The van der Waals surface area contributed by atoms with Gasteiger partial charge in [-0.15, -0.1) is 5.10 Å². The van der Waals surface area contributed by atoms with E-state index in [4.69, 9.17) is 9.47 Å². The number of carbonyl (C=O) groups excluding carboxylic acids is 2. The zero-order chi connectivity index (χ0) is 34.2. The molecule has 4 heterocycles. The summed E-state index contributed by atoms with van der Waals surface area (Å²) in [4.78, 5) is 26.6. The molecule has 244 valence electrons. The Kier molecular flexibility index (Phi) is 7.22. The molecule has 1 amide bonds. The highest BCUT2D eigenvalue weighted by molar-refractivity contribution is 9.10. The zero-order valence-corrected chi connectivity index (χ0v) is 28.9. The molecule has 0 aliphatic carbocycles. The molecule has 3 aliphatic rings. The molecule has 8 nitrogen and oxygen atoms in total. The SMILES string of the molecule is C=C(CCC(=O)CN1C(=C)CCC1=O)c1ccc2c(c1)C1(OC2=C)c2ccc(C)c(Br)c2Oc2c1ccc(C)c2-n1nnc2ccccc21. The Bertz CT molecular complexity index is 2300. The van der Waals surface area contributed by atoms with Gasteiger partial charge in [-0.25, -0.2) is 4.68 Å². The van der Waals surface area contributed by atoms with Crippen LogP contribution in [0.1, 0.15) is 64.6 Å². The minimum Gasteiger partial charge on any atom is -0.473 e. The lowest BCUT2D eigenvalue weighted by Crippen LogP contribution is -2.33. The van der Waals surface area contributed by atoms with E-state index in [1.54, 1.807) is 0 Å². The second-order valence-electron chi connectivity index (χ2n) is 12.9. The molecule has 1 aromatic heterocycles. The summed E-state index contributed by atoms with van der Waals surface area (Å²) in [6.07, 6.45) is 1.73. The quantitative estimate of drug-likeness (QED) is 0.168. The molecule has 8 rings (SSSR count). The number of hydrogen-bond donors (Lipinski definition) is 0. The maximum absolute atomic E-state index is 12.9. The lowest BCUT2D eigenvalue weighted by molar-refractivity contribution is -0.131. The number of ether oxygens (including phenoxy) is 2. The molecule has 49 heavy (non-hydrogen) atoms. The van der Waals surface area contributed by atoms with Crippen molar-refractivity contribution in [2.75, 3.05) is 6.54 Å². The summed E-state index contributed by atoms with van der Waals surface area (Å²) in [6, 6.07) is 22.2. The number of aryl methyl sites for hydroxylation is 2. The maximum atomic E-state index is 12.9. The molecule has 1 unspecified atom stereocenters. The first-order chi connectivity index (χ1) is 23.6. The van der Waals surface area contributed by atoms with Crippen LogP contribution < -0.4 is 4.74 Å². The van der Waals surface area contributed by atoms with Gasteiger partial charge in [-0.3, -0.25) is 9.59 Å². The molecule has 0 radical (unpaired) electrons. The van der Waals surface area contributed by atoms with E-state index in [0.717, 1.165) is 65.7 Å². The second-order valence-corrected chi connectivity index (χ2v) is 13.7. The van der Waals surface area contributed by atoms with Crippen molar-refractivity contribution in [3.63, 3.8) is 0 Å². The van der Waals surface area contributed by atoms with Gasteiger partial charge in [-0.05, 0) is 83.1 Å². The topological polar surface area (TPSA) is 86.5 Å². The van der Waals surface area contributed by atoms with Gasteiger partial charge < -0.3 is 14.4 Å². The van der Waals surface area contributed by atoms with Crippen molar-refractivity contribution in [3.05, 3.63) is 136 Å². The molecule has 1 fully saturated rings. The van der Waals surface area contributed by atoms with Crippen LogP contribution >= 0.6 is 15.9 Å². The molecular formula is C40H33BrN4O4. The lowest BCUT2D eigenvalue weighted by Gasteiger charge is -2.39. The van der Waals surface area contributed by atoms with Crippen molar-refractivity contribution < 1.29 is 19.1 Å². The van der Waals surface area contributed by atoms with Crippen LogP contribution in [-0.4, -0.2) is 38.1 Å². The normalized spacial score (nSPS) is 17.6. The largest absolute Gasteiger partial charge is 0.473 e. The summed E-state index contributed by atoms with van der Waals surface area (Å²) in [5.41, 5.74) is 9.10. The second kappa shape index (κ2) is 11.4. The van der Waals surface area contributed by atoms with Crippen LogP contribution in [0, 0.1) is 13.8 Å². The molecule has 1 atom stereocenters. The Morgan fingerprint density at radius 3 is 2.47 bits per heavy atom. The molecule has 9 heteroatoms. The van der Waals surface area contributed by atoms with E-state index in [9.17, 15) is 9.59 Å². The minimum atomic E-state index is -1.10. The number of aromatic nitrogens is 3. The number of benzene rings is 4. The van der Waals surface area contributed by atoms with Crippen molar-refractivity contribution in [2.24, 2.45) is 0 Å². The van der Waals surface area contributed by atoms with Crippen molar-refractivity contribution in [1.29, 1.82) is 0 Å². The first-order valence-electron chi connectivity index (χ1n) is 16.2. The zero-order valence-electron chi connectivity index (χ0n) is 27.3. The predicted molar refractivity (Wildman–Crippen MR) is 192 cm³/mol. The summed E-state index contributed by atoms with van der Waals surface area (Å²) < 4.78 is 16.5. The molecule has 0 saturated carbocycles. The van der Waals surface area contributed by atoms with E-state index in [2.05, 4.69) is 76.3 Å². The van der Waals surface area contributed by atoms with Crippen molar-refractivity contribution in [2.45, 2.75) is 45.1 Å². The average Bonchev–Trinajstić information content (AvgIpc) is 3.75. The fourth-order valence-electron chi connectivity index (χ4n) is 7.21. The van der Waals surface area contributed by atoms with E-state index < -0.39 is 5.60 Å². The van der Waals surface area contributed by atoms with Crippen molar-refractivity contribution in [3.8, 4) is 17.2 Å². The molecule has 3 aliphatic heterocycles. The third-order valence-corrected chi connectivity index (χ3v) is 10.9. The van der Waals surface area contributed by atoms with Crippen LogP contribution in [-0.2, 0) is 19.9 Å². The van der Waals surface area contributed by atoms with E-state index in [1.165, 1.54) is 4.90 Å². The van der Waals surface area contributed by atoms with Crippen LogP contribution in [0.5, 0.6) is 11.5 Å². The van der Waals surface area contributed by atoms with E-state index in [-0.39, 0.29) is 24.7 Å². The Hall–Kier alpha value is -5.28. The fourth-order valence-corrected chi connectivity index (χ4v) is 7.63. The number of amides is 1. The number of halogens is 1. The van der Waals surface area contributed by atoms with Gasteiger partial charge in [0.25, 0.3) is 0 Å². The smallest absolute Gasteiger partial charge is 0.227 e. The first kappa shape index (κ1) is 31.0. The first-order valence-corrected chi connectivity index (χ1v) is 17.0. The number of nitrogens with zero attached hydrogens (tertiary/aromatic N) is 4. The van der Waals surface area contributed by atoms with Crippen LogP contribution in [0.3, 0.4) is 0 Å². The molecule has 1 saturated heterocycles.